The summed E-state index contributed by atoms with van der Waals surface area (Å²) in [5.41, 5.74) is 1.87. The number of halogens is 3. The van der Waals surface area contributed by atoms with Gasteiger partial charge in [-0.2, -0.15) is 23.4 Å². The molecule has 31 heavy (non-hydrogen) atoms. The summed E-state index contributed by atoms with van der Waals surface area (Å²) >= 11 is 0. The van der Waals surface area contributed by atoms with Crippen LogP contribution in [0.15, 0.2) is 47.1 Å². The van der Waals surface area contributed by atoms with Gasteiger partial charge in [0, 0.05) is 36.3 Å². The summed E-state index contributed by atoms with van der Waals surface area (Å²) < 4.78 is 42.3. The van der Waals surface area contributed by atoms with E-state index in [2.05, 4.69) is 25.7 Å². The number of hydrogen-bond donors (Lipinski definition) is 0. The van der Waals surface area contributed by atoms with Crippen molar-refractivity contribution in [2.24, 2.45) is 0 Å². The minimum absolute atomic E-state index is 0.0892. The van der Waals surface area contributed by atoms with Crippen LogP contribution in [0.25, 0.3) is 11.4 Å². The van der Waals surface area contributed by atoms with Crippen molar-refractivity contribution in [3.63, 3.8) is 0 Å². The lowest BCUT2D eigenvalue weighted by Crippen LogP contribution is -2.38. The molecule has 158 valence electrons. The zero-order chi connectivity index (χ0) is 22.0. The van der Waals surface area contributed by atoms with Gasteiger partial charge >= 0.3 is 12.1 Å². The molecule has 3 heterocycles. The van der Waals surface area contributed by atoms with Crippen molar-refractivity contribution >= 4 is 5.91 Å². The summed E-state index contributed by atoms with van der Waals surface area (Å²) in [6, 6.07) is 11.7. The molecule has 2 aromatic heterocycles. The number of carbonyl (C=O) groups is 1. The fourth-order valence-corrected chi connectivity index (χ4v) is 3.62. The minimum Gasteiger partial charge on any atom is -0.339 e. The average molecular weight is 427 g/mol. The molecule has 3 aromatic rings. The van der Waals surface area contributed by atoms with E-state index in [0.717, 1.165) is 5.69 Å². The number of amides is 1. The zero-order valence-electron chi connectivity index (χ0n) is 16.1. The fraction of sp³-hybridized carbons (Fsp3) is 0.286. The van der Waals surface area contributed by atoms with Crippen molar-refractivity contribution in [2.45, 2.75) is 24.9 Å². The number of nitrogens with zero attached hydrogens (tertiary/aromatic N) is 5. The predicted octanol–water partition coefficient (Wildman–Crippen LogP) is 4.04. The van der Waals surface area contributed by atoms with E-state index in [4.69, 9.17) is 0 Å². The molecule has 7 nitrogen and oxygen atoms in total. The number of likely N-dealkylation sites (tertiary alicyclic amines) is 1. The maximum absolute atomic E-state index is 12.9. The van der Waals surface area contributed by atoms with E-state index in [9.17, 15) is 23.2 Å². The van der Waals surface area contributed by atoms with Crippen LogP contribution in [0.4, 0.5) is 13.2 Å². The van der Waals surface area contributed by atoms with Gasteiger partial charge in [0.15, 0.2) is 0 Å². The Balaban J connectivity index is 1.47. The lowest BCUT2D eigenvalue weighted by atomic mass is 9.90. The van der Waals surface area contributed by atoms with Gasteiger partial charge in [-0.25, -0.2) is 0 Å². The molecule has 0 saturated carbocycles. The Kier molecular flexibility index (Phi) is 5.42. The van der Waals surface area contributed by atoms with Crippen LogP contribution in [0.1, 0.15) is 46.3 Å². The van der Waals surface area contributed by atoms with Gasteiger partial charge < -0.3 is 9.42 Å². The number of benzene rings is 1. The Bertz CT molecular complexity index is 1140. The van der Waals surface area contributed by atoms with Crippen LogP contribution in [-0.2, 0) is 6.18 Å². The molecule has 0 unspecified atom stereocenters. The van der Waals surface area contributed by atoms with Gasteiger partial charge in [-0.1, -0.05) is 17.3 Å². The highest BCUT2D eigenvalue weighted by molar-refractivity contribution is 5.95. The summed E-state index contributed by atoms with van der Waals surface area (Å²) in [4.78, 5) is 22.3. The highest BCUT2D eigenvalue weighted by Crippen LogP contribution is 2.31. The lowest BCUT2D eigenvalue weighted by molar-refractivity contribution is -0.159. The van der Waals surface area contributed by atoms with Crippen LogP contribution in [-0.4, -0.2) is 39.0 Å². The van der Waals surface area contributed by atoms with E-state index in [1.165, 1.54) is 12.1 Å². The molecule has 1 fully saturated rings. The van der Waals surface area contributed by atoms with Crippen molar-refractivity contribution < 1.29 is 22.5 Å². The van der Waals surface area contributed by atoms with Gasteiger partial charge in [0.25, 0.3) is 5.91 Å². The maximum atomic E-state index is 12.9. The fourth-order valence-electron chi connectivity index (χ4n) is 3.62. The number of hydrogen-bond acceptors (Lipinski definition) is 6. The maximum Gasteiger partial charge on any atom is 0.471 e. The minimum atomic E-state index is -4.73. The largest absolute Gasteiger partial charge is 0.471 e. The monoisotopic (exact) mass is 427 g/mol. The van der Waals surface area contributed by atoms with Crippen molar-refractivity contribution in [3.8, 4) is 17.5 Å². The summed E-state index contributed by atoms with van der Waals surface area (Å²) in [7, 11) is 0. The van der Waals surface area contributed by atoms with Gasteiger partial charge in [-0.05, 0) is 37.1 Å². The van der Waals surface area contributed by atoms with E-state index in [-0.39, 0.29) is 23.2 Å². The van der Waals surface area contributed by atoms with Gasteiger partial charge in [0.1, 0.15) is 6.07 Å². The quantitative estimate of drug-likeness (QED) is 0.626. The van der Waals surface area contributed by atoms with E-state index in [0.29, 0.717) is 37.1 Å². The molecule has 1 aliphatic heterocycles. The molecular formula is C21H16F3N5O2. The molecule has 1 saturated heterocycles. The molecule has 0 atom stereocenters. The molecule has 0 radical (unpaired) electrons. The Morgan fingerprint density at radius 2 is 1.97 bits per heavy atom. The van der Waals surface area contributed by atoms with Crippen molar-refractivity contribution in [3.05, 3.63) is 65.3 Å². The van der Waals surface area contributed by atoms with Gasteiger partial charge in [-0.3, -0.25) is 9.78 Å². The predicted molar refractivity (Wildman–Crippen MR) is 102 cm³/mol. The van der Waals surface area contributed by atoms with E-state index in [1.54, 1.807) is 35.4 Å². The molecule has 1 aliphatic rings. The van der Waals surface area contributed by atoms with Crippen LogP contribution < -0.4 is 0 Å². The lowest BCUT2D eigenvalue weighted by Gasteiger charge is -2.32. The molecule has 0 spiro atoms. The summed E-state index contributed by atoms with van der Waals surface area (Å²) in [5, 5.41) is 12.6. The molecule has 0 N–H and O–H groups in total. The van der Waals surface area contributed by atoms with Gasteiger partial charge in [0.05, 0.1) is 11.3 Å². The zero-order valence-corrected chi connectivity index (χ0v) is 16.1. The molecule has 1 amide bonds. The first-order valence-corrected chi connectivity index (χ1v) is 9.52. The first-order valence-electron chi connectivity index (χ1n) is 9.52. The van der Waals surface area contributed by atoms with E-state index >= 15 is 0 Å². The summed E-state index contributed by atoms with van der Waals surface area (Å²) in [5.74, 6) is -1.82. The number of pyridine rings is 1. The van der Waals surface area contributed by atoms with Gasteiger partial charge in [0.2, 0.25) is 5.82 Å². The second-order valence-electron chi connectivity index (χ2n) is 7.12. The van der Waals surface area contributed by atoms with Crippen LogP contribution in [0.3, 0.4) is 0 Å². The Morgan fingerprint density at radius 3 is 2.65 bits per heavy atom. The third-order valence-corrected chi connectivity index (χ3v) is 5.16. The number of aromatic nitrogens is 3. The number of nitriles is 1. The van der Waals surface area contributed by atoms with E-state index < -0.39 is 12.1 Å². The summed E-state index contributed by atoms with van der Waals surface area (Å²) in [6.45, 7) is 0.963. The van der Waals surface area contributed by atoms with Crippen LogP contribution in [0, 0.1) is 11.3 Å². The average Bonchev–Trinajstić information content (AvgIpc) is 3.30. The van der Waals surface area contributed by atoms with Crippen LogP contribution in [0.5, 0.6) is 0 Å². The second-order valence-corrected chi connectivity index (χ2v) is 7.12. The topological polar surface area (TPSA) is 95.9 Å². The van der Waals surface area contributed by atoms with Crippen LogP contribution in [0.2, 0.25) is 0 Å². The van der Waals surface area contributed by atoms with Crippen molar-refractivity contribution in [1.29, 1.82) is 5.26 Å². The third kappa shape index (κ3) is 4.26. The first-order chi connectivity index (χ1) is 14.9. The van der Waals surface area contributed by atoms with Crippen molar-refractivity contribution in [2.75, 3.05) is 13.1 Å². The SMILES string of the molecule is N#Cc1cccnc1C1CCN(C(=O)c2cccc(-c3noc(C(F)(F)F)n3)c2)CC1. The smallest absolute Gasteiger partial charge is 0.339 e. The Morgan fingerprint density at radius 1 is 1.19 bits per heavy atom. The van der Waals surface area contributed by atoms with E-state index in [1.807, 2.05) is 0 Å². The molecule has 10 heteroatoms. The van der Waals surface area contributed by atoms with Crippen LogP contribution >= 0.6 is 0 Å². The summed E-state index contributed by atoms with van der Waals surface area (Å²) in [6.07, 6.45) is -1.75. The number of rotatable bonds is 3. The molecule has 1 aromatic carbocycles. The molecular weight excluding hydrogens is 411 g/mol. The molecule has 0 aliphatic carbocycles. The van der Waals surface area contributed by atoms with Crippen molar-refractivity contribution in [1.82, 2.24) is 20.0 Å². The number of piperidine rings is 1. The standard InChI is InChI=1S/C21H16F3N5O2/c22-21(23,24)20-27-18(28-31-20)14-3-1-4-15(11-14)19(30)29-9-6-13(7-10-29)17-16(12-25)5-2-8-26-17/h1-5,8,11,13H,6-7,9-10H2. The Labute approximate surface area is 175 Å². The number of carbonyl (C=O) groups excluding carboxylic acids is 1. The number of alkyl halides is 3. The first kappa shape index (κ1) is 20.5. The highest BCUT2D eigenvalue weighted by Gasteiger charge is 2.38. The highest BCUT2D eigenvalue weighted by atomic mass is 19.4. The normalized spacial score (nSPS) is 15.0. The third-order valence-electron chi connectivity index (χ3n) is 5.16. The van der Waals surface area contributed by atoms with Gasteiger partial charge in [-0.15, -0.1) is 0 Å². The molecule has 4 rings (SSSR count). The Hall–Kier alpha value is -3.74. The second kappa shape index (κ2) is 8.18. The molecule has 0 bridgehead atoms.